The highest BCUT2D eigenvalue weighted by atomic mass is 79.9. The van der Waals surface area contributed by atoms with Crippen molar-refractivity contribution >= 4 is 33.2 Å². The van der Waals surface area contributed by atoms with Gasteiger partial charge in [-0.2, -0.15) is 0 Å². The van der Waals surface area contributed by atoms with Gasteiger partial charge in [0.05, 0.1) is 18.4 Å². The van der Waals surface area contributed by atoms with E-state index in [1.165, 1.54) is 25.3 Å². The van der Waals surface area contributed by atoms with Gasteiger partial charge in [-0.3, -0.25) is 4.79 Å². The van der Waals surface area contributed by atoms with Crippen molar-refractivity contribution in [1.29, 1.82) is 0 Å². The van der Waals surface area contributed by atoms with Crippen LogP contribution >= 0.6 is 15.9 Å². The quantitative estimate of drug-likeness (QED) is 0.842. The molecule has 6 heteroatoms. The average molecular weight is 339 g/mol. The van der Waals surface area contributed by atoms with E-state index in [1.54, 1.807) is 18.2 Å². The van der Waals surface area contributed by atoms with Gasteiger partial charge >= 0.3 is 0 Å². The van der Waals surface area contributed by atoms with Crippen molar-refractivity contribution in [3.05, 3.63) is 52.3 Å². The van der Waals surface area contributed by atoms with E-state index in [4.69, 9.17) is 10.5 Å². The molecule has 0 fully saturated rings. The molecule has 0 saturated heterocycles. The smallest absolute Gasteiger partial charge is 0.257 e. The van der Waals surface area contributed by atoms with E-state index in [0.717, 1.165) is 0 Å². The maximum Gasteiger partial charge on any atom is 0.257 e. The van der Waals surface area contributed by atoms with Gasteiger partial charge < -0.3 is 15.8 Å². The van der Waals surface area contributed by atoms with Crippen molar-refractivity contribution in [3.63, 3.8) is 0 Å². The molecule has 0 spiro atoms. The van der Waals surface area contributed by atoms with Crippen LogP contribution in [0.1, 0.15) is 10.4 Å². The molecule has 2 rings (SSSR count). The highest BCUT2D eigenvalue weighted by Crippen LogP contribution is 2.24. The second-order valence-corrected chi connectivity index (χ2v) is 4.89. The van der Waals surface area contributed by atoms with Crippen LogP contribution in [0.2, 0.25) is 0 Å². The van der Waals surface area contributed by atoms with Crippen molar-refractivity contribution in [2.24, 2.45) is 0 Å². The third-order valence-electron chi connectivity index (χ3n) is 2.66. The predicted octanol–water partition coefficient (Wildman–Crippen LogP) is 3.43. The van der Waals surface area contributed by atoms with Gasteiger partial charge in [-0.15, -0.1) is 0 Å². The normalized spacial score (nSPS) is 10.2. The highest BCUT2D eigenvalue weighted by Gasteiger charge is 2.13. The minimum atomic E-state index is -0.549. The summed E-state index contributed by atoms with van der Waals surface area (Å²) in [5.41, 5.74) is 6.31. The van der Waals surface area contributed by atoms with Gasteiger partial charge in [-0.05, 0) is 52.3 Å². The molecule has 0 aliphatic carbocycles. The number of benzene rings is 2. The van der Waals surface area contributed by atoms with Crippen LogP contribution in [-0.2, 0) is 0 Å². The molecule has 0 aliphatic rings. The first kappa shape index (κ1) is 14.3. The van der Waals surface area contributed by atoms with Crippen LogP contribution < -0.4 is 15.8 Å². The van der Waals surface area contributed by atoms with E-state index >= 15 is 0 Å². The number of carbonyl (C=O) groups excluding carboxylic acids is 1. The van der Waals surface area contributed by atoms with Crippen LogP contribution in [0, 0.1) is 5.82 Å². The molecule has 3 N–H and O–H groups in total. The monoisotopic (exact) mass is 338 g/mol. The zero-order valence-electron chi connectivity index (χ0n) is 10.6. The van der Waals surface area contributed by atoms with E-state index in [9.17, 15) is 9.18 Å². The SMILES string of the molecule is COc1ccc(Br)c(C(=O)Nc2cc(N)ccc2F)c1. The van der Waals surface area contributed by atoms with Gasteiger partial charge in [0, 0.05) is 10.2 Å². The molecule has 0 atom stereocenters. The Morgan fingerprint density at radius 1 is 1.30 bits per heavy atom. The maximum atomic E-state index is 13.6. The molecule has 0 aliphatic heterocycles. The number of nitrogens with two attached hydrogens (primary N) is 1. The third-order valence-corrected chi connectivity index (χ3v) is 3.35. The van der Waals surface area contributed by atoms with Gasteiger partial charge in [0.15, 0.2) is 0 Å². The number of anilines is 2. The van der Waals surface area contributed by atoms with Crippen LogP contribution in [0.4, 0.5) is 15.8 Å². The Hall–Kier alpha value is -2.08. The molecule has 2 aromatic rings. The molecule has 2 aromatic carbocycles. The van der Waals surface area contributed by atoms with Crippen molar-refractivity contribution in [2.75, 3.05) is 18.2 Å². The van der Waals surface area contributed by atoms with Crippen LogP contribution in [0.15, 0.2) is 40.9 Å². The van der Waals surface area contributed by atoms with Gasteiger partial charge in [0.1, 0.15) is 11.6 Å². The number of amides is 1. The summed E-state index contributed by atoms with van der Waals surface area (Å²) in [5, 5.41) is 2.48. The van der Waals surface area contributed by atoms with E-state index in [-0.39, 0.29) is 5.69 Å². The molecular formula is C14H12BrFN2O2. The Morgan fingerprint density at radius 3 is 2.75 bits per heavy atom. The van der Waals surface area contributed by atoms with E-state index in [1.807, 2.05) is 0 Å². The van der Waals surface area contributed by atoms with Crippen LogP contribution in [0.25, 0.3) is 0 Å². The summed E-state index contributed by atoms with van der Waals surface area (Å²) in [6, 6.07) is 8.94. The molecule has 20 heavy (non-hydrogen) atoms. The average Bonchev–Trinajstić information content (AvgIpc) is 2.43. The second kappa shape index (κ2) is 5.92. The summed E-state index contributed by atoms with van der Waals surface area (Å²) in [6.45, 7) is 0. The van der Waals surface area contributed by atoms with Crippen LogP contribution in [-0.4, -0.2) is 13.0 Å². The molecule has 1 amide bonds. The van der Waals surface area contributed by atoms with Crippen molar-refractivity contribution in [3.8, 4) is 5.75 Å². The van der Waals surface area contributed by atoms with E-state index in [0.29, 0.717) is 21.5 Å². The lowest BCUT2D eigenvalue weighted by Gasteiger charge is -2.10. The molecule has 4 nitrogen and oxygen atoms in total. The number of halogens is 2. The van der Waals surface area contributed by atoms with Crippen LogP contribution in [0.3, 0.4) is 0 Å². The minimum absolute atomic E-state index is 0.0321. The third kappa shape index (κ3) is 3.08. The fourth-order valence-electron chi connectivity index (χ4n) is 1.63. The summed E-state index contributed by atoms with van der Waals surface area (Å²) in [6.07, 6.45) is 0. The Labute approximate surface area is 123 Å². The molecule has 0 aromatic heterocycles. The number of hydrogen-bond acceptors (Lipinski definition) is 3. The topological polar surface area (TPSA) is 64.3 Å². The lowest BCUT2D eigenvalue weighted by atomic mass is 10.2. The Balaban J connectivity index is 2.30. The van der Waals surface area contributed by atoms with Gasteiger partial charge in [-0.1, -0.05) is 0 Å². The Kier molecular flexibility index (Phi) is 4.24. The van der Waals surface area contributed by atoms with E-state index < -0.39 is 11.7 Å². The highest BCUT2D eigenvalue weighted by molar-refractivity contribution is 9.10. The zero-order valence-corrected chi connectivity index (χ0v) is 12.2. The standard InChI is InChI=1S/C14H12BrFN2O2/c1-20-9-3-4-11(15)10(7-9)14(19)18-13-6-8(17)2-5-12(13)16/h2-7H,17H2,1H3,(H,18,19). The molecule has 0 heterocycles. The lowest BCUT2D eigenvalue weighted by Crippen LogP contribution is -2.14. The largest absolute Gasteiger partial charge is 0.497 e. The molecule has 0 unspecified atom stereocenters. The summed E-state index contributed by atoms with van der Waals surface area (Å²) in [4.78, 5) is 12.2. The van der Waals surface area contributed by atoms with E-state index in [2.05, 4.69) is 21.2 Å². The first-order valence-corrected chi connectivity index (χ1v) is 6.50. The van der Waals surface area contributed by atoms with Gasteiger partial charge in [0.2, 0.25) is 0 Å². The predicted molar refractivity (Wildman–Crippen MR) is 79.5 cm³/mol. The second-order valence-electron chi connectivity index (χ2n) is 4.04. The summed E-state index contributed by atoms with van der Waals surface area (Å²) >= 11 is 3.27. The summed E-state index contributed by atoms with van der Waals surface area (Å²) < 4.78 is 19.2. The fourth-order valence-corrected chi connectivity index (χ4v) is 2.06. The number of methoxy groups -OCH3 is 1. The van der Waals surface area contributed by atoms with Crippen molar-refractivity contribution < 1.29 is 13.9 Å². The maximum absolute atomic E-state index is 13.6. The minimum Gasteiger partial charge on any atom is -0.497 e. The number of hydrogen-bond donors (Lipinski definition) is 2. The van der Waals surface area contributed by atoms with Crippen LogP contribution in [0.5, 0.6) is 5.75 Å². The van der Waals surface area contributed by atoms with Gasteiger partial charge in [0.25, 0.3) is 5.91 Å². The molecule has 0 radical (unpaired) electrons. The molecule has 0 bridgehead atoms. The summed E-state index contributed by atoms with van der Waals surface area (Å²) in [7, 11) is 1.50. The first-order chi connectivity index (χ1) is 9.51. The van der Waals surface area contributed by atoms with Gasteiger partial charge in [-0.25, -0.2) is 4.39 Å². The molecule has 0 saturated carbocycles. The lowest BCUT2D eigenvalue weighted by molar-refractivity contribution is 0.102. The number of nitrogen functional groups attached to an aromatic ring is 1. The zero-order chi connectivity index (χ0) is 14.7. The fraction of sp³-hybridized carbons (Fsp3) is 0.0714. The molecular weight excluding hydrogens is 327 g/mol. The van der Waals surface area contributed by atoms with Crippen molar-refractivity contribution in [1.82, 2.24) is 0 Å². The first-order valence-electron chi connectivity index (χ1n) is 5.71. The van der Waals surface area contributed by atoms with Crippen molar-refractivity contribution in [2.45, 2.75) is 0 Å². The Bertz CT molecular complexity index is 662. The number of nitrogens with one attached hydrogen (secondary N) is 1. The number of ether oxygens (including phenoxy) is 1. The number of rotatable bonds is 3. The molecule has 104 valence electrons. The Morgan fingerprint density at radius 2 is 2.05 bits per heavy atom. The number of carbonyl (C=O) groups is 1. The summed E-state index contributed by atoms with van der Waals surface area (Å²) in [5.74, 6) is -0.474.